The fourth-order valence-corrected chi connectivity index (χ4v) is 3.86. The molecule has 0 unspecified atom stereocenters. The van der Waals surface area contributed by atoms with E-state index in [4.69, 9.17) is 4.74 Å². The zero-order chi connectivity index (χ0) is 17.4. The number of benzene rings is 2. The summed E-state index contributed by atoms with van der Waals surface area (Å²) >= 11 is 0. The first kappa shape index (κ1) is 16.2. The maximum absolute atomic E-state index is 13.3. The van der Waals surface area contributed by atoms with Crippen LogP contribution >= 0.6 is 0 Å². The van der Waals surface area contributed by atoms with Crippen molar-refractivity contribution in [1.29, 1.82) is 0 Å². The number of rotatable bonds is 3. The van der Waals surface area contributed by atoms with Gasteiger partial charge in [-0.2, -0.15) is 0 Å². The third-order valence-electron chi connectivity index (χ3n) is 5.07. The Morgan fingerprint density at radius 3 is 2.60 bits per heavy atom. The van der Waals surface area contributed by atoms with Crippen LogP contribution in [0.2, 0.25) is 0 Å². The average molecular weight is 343 g/mol. The molecule has 2 fully saturated rings. The van der Waals surface area contributed by atoms with Crippen LogP contribution in [0.5, 0.6) is 0 Å². The lowest BCUT2D eigenvalue weighted by atomic mass is 9.77. The summed E-state index contributed by atoms with van der Waals surface area (Å²) < 4.78 is 32.2. The van der Waals surface area contributed by atoms with Gasteiger partial charge < -0.3 is 9.64 Å². The Labute approximate surface area is 145 Å². The van der Waals surface area contributed by atoms with Gasteiger partial charge in [0.05, 0.1) is 12.7 Å². The van der Waals surface area contributed by atoms with Crippen LogP contribution in [0.1, 0.15) is 22.3 Å². The summed E-state index contributed by atoms with van der Waals surface area (Å²) in [5.41, 5.74) is 1.44. The van der Waals surface area contributed by atoms with Crippen molar-refractivity contribution in [1.82, 2.24) is 4.90 Å². The number of amides is 1. The molecule has 1 amide bonds. The fourth-order valence-electron chi connectivity index (χ4n) is 3.86. The number of carbonyl (C=O) groups excluding carboxylic acids is 1. The van der Waals surface area contributed by atoms with E-state index in [1.54, 1.807) is 17.0 Å². The molecule has 5 heteroatoms. The smallest absolute Gasteiger partial charge is 0.253 e. The molecule has 0 aromatic heterocycles. The second-order valence-electron chi connectivity index (χ2n) is 7.14. The van der Waals surface area contributed by atoms with Crippen LogP contribution in [0.4, 0.5) is 8.78 Å². The van der Waals surface area contributed by atoms with Crippen LogP contribution in [0, 0.1) is 17.0 Å². The van der Waals surface area contributed by atoms with Crippen molar-refractivity contribution in [3.63, 3.8) is 0 Å². The van der Waals surface area contributed by atoms with Crippen molar-refractivity contribution in [3.8, 4) is 0 Å². The second kappa shape index (κ2) is 6.23. The van der Waals surface area contributed by atoms with Gasteiger partial charge >= 0.3 is 0 Å². The number of carbonyl (C=O) groups is 1. The van der Waals surface area contributed by atoms with Gasteiger partial charge in [0.1, 0.15) is 11.6 Å². The van der Waals surface area contributed by atoms with Crippen LogP contribution in [0.3, 0.4) is 0 Å². The monoisotopic (exact) mass is 343 g/mol. The summed E-state index contributed by atoms with van der Waals surface area (Å²) in [6, 6.07) is 12.2. The maximum atomic E-state index is 13.3. The van der Waals surface area contributed by atoms with Gasteiger partial charge in [0.25, 0.3) is 5.91 Å². The molecule has 2 aromatic rings. The van der Waals surface area contributed by atoms with Crippen LogP contribution in [-0.2, 0) is 11.2 Å². The Morgan fingerprint density at radius 2 is 1.88 bits per heavy atom. The molecular formula is C20H19F2NO2. The summed E-state index contributed by atoms with van der Waals surface area (Å²) in [4.78, 5) is 14.2. The molecule has 4 rings (SSSR count). The highest BCUT2D eigenvalue weighted by Gasteiger charge is 2.50. The molecule has 25 heavy (non-hydrogen) atoms. The molecule has 1 spiro atoms. The van der Waals surface area contributed by atoms with Crippen molar-refractivity contribution in [3.05, 3.63) is 71.3 Å². The van der Waals surface area contributed by atoms with Crippen LogP contribution in [-0.4, -0.2) is 36.6 Å². The number of nitrogens with zero attached hydrogens (tertiary/aromatic N) is 1. The minimum absolute atomic E-state index is 0.00762. The zero-order valence-corrected chi connectivity index (χ0v) is 13.8. The first-order valence-electron chi connectivity index (χ1n) is 8.44. The number of ether oxygens (including phenoxy) is 1. The SMILES string of the molecule is O=C(c1ccc(F)cc1)N1CC2(CO[C@H](Cc3cccc(F)c3)C2)C1. The molecule has 0 N–H and O–H groups in total. The van der Waals surface area contributed by atoms with Crippen LogP contribution in [0.15, 0.2) is 48.5 Å². The van der Waals surface area contributed by atoms with Crippen molar-refractivity contribution in [2.75, 3.05) is 19.7 Å². The van der Waals surface area contributed by atoms with Gasteiger partial charge in [-0.25, -0.2) is 8.78 Å². The molecule has 1 atom stereocenters. The largest absolute Gasteiger partial charge is 0.377 e. The summed E-state index contributed by atoms with van der Waals surface area (Å²) in [5.74, 6) is -0.648. The first-order valence-corrected chi connectivity index (χ1v) is 8.44. The van der Waals surface area contributed by atoms with Crippen LogP contribution < -0.4 is 0 Å². The zero-order valence-electron chi connectivity index (χ0n) is 13.8. The molecule has 0 saturated carbocycles. The second-order valence-corrected chi connectivity index (χ2v) is 7.14. The molecular weight excluding hydrogens is 324 g/mol. The van der Waals surface area contributed by atoms with E-state index in [9.17, 15) is 13.6 Å². The van der Waals surface area contributed by atoms with Gasteiger partial charge in [0, 0.05) is 24.1 Å². The minimum atomic E-state index is -0.346. The Bertz CT molecular complexity index is 785. The molecule has 130 valence electrons. The van der Waals surface area contributed by atoms with Crippen molar-refractivity contribution in [2.45, 2.75) is 18.9 Å². The normalized spacial score (nSPS) is 21.4. The van der Waals surface area contributed by atoms with E-state index in [0.717, 1.165) is 12.0 Å². The lowest BCUT2D eigenvalue weighted by Crippen LogP contribution is -2.59. The number of halogens is 2. The summed E-state index contributed by atoms with van der Waals surface area (Å²) in [5, 5.41) is 0. The molecule has 0 radical (unpaired) electrons. The minimum Gasteiger partial charge on any atom is -0.377 e. The molecule has 0 aliphatic carbocycles. The maximum Gasteiger partial charge on any atom is 0.253 e. The van der Waals surface area contributed by atoms with Crippen molar-refractivity contribution >= 4 is 5.91 Å². The van der Waals surface area contributed by atoms with E-state index >= 15 is 0 Å². The molecule has 3 nitrogen and oxygen atoms in total. The third-order valence-corrected chi connectivity index (χ3v) is 5.07. The molecule has 2 aliphatic rings. The van der Waals surface area contributed by atoms with E-state index in [2.05, 4.69) is 0 Å². The number of hydrogen-bond acceptors (Lipinski definition) is 2. The average Bonchev–Trinajstić information content (AvgIpc) is 2.98. The first-order chi connectivity index (χ1) is 12.0. The number of likely N-dealkylation sites (tertiary alicyclic amines) is 1. The predicted molar refractivity (Wildman–Crippen MR) is 89.2 cm³/mol. The van der Waals surface area contributed by atoms with Crippen molar-refractivity contribution < 1.29 is 18.3 Å². The van der Waals surface area contributed by atoms with E-state index in [1.165, 1.54) is 30.3 Å². The lowest BCUT2D eigenvalue weighted by Gasteiger charge is -2.47. The Hall–Kier alpha value is -2.27. The highest BCUT2D eigenvalue weighted by molar-refractivity contribution is 5.94. The van der Waals surface area contributed by atoms with Crippen molar-refractivity contribution in [2.24, 2.45) is 5.41 Å². The quantitative estimate of drug-likeness (QED) is 0.854. The van der Waals surface area contributed by atoms with Crippen LogP contribution in [0.25, 0.3) is 0 Å². The Balaban J connectivity index is 1.34. The lowest BCUT2D eigenvalue weighted by molar-refractivity contribution is -0.00134. The summed E-state index contributed by atoms with van der Waals surface area (Å²) in [7, 11) is 0. The van der Waals surface area contributed by atoms with E-state index in [1.807, 2.05) is 6.07 Å². The number of hydrogen-bond donors (Lipinski definition) is 0. The van der Waals surface area contributed by atoms with E-state index < -0.39 is 0 Å². The molecule has 2 saturated heterocycles. The van der Waals surface area contributed by atoms with Gasteiger partial charge in [-0.05, 0) is 54.8 Å². The summed E-state index contributed by atoms with van der Waals surface area (Å²) in [6.45, 7) is 1.94. The van der Waals surface area contributed by atoms with Gasteiger partial charge in [-0.3, -0.25) is 4.79 Å². The third kappa shape index (κ3) is 3.29. The predicted octanol–water partition coefficient (Wildman–Crippen LogP) is 3.44. The fraction of sp³-hybridized carbons (Fsp3) is 0.350. The van der Waals surface area contributed by atoms with Gasteiger partial charge in [-0.15, -0.1) is 0 Å². The molecule has 2 aliphatic heterocycles. The standard InChI is InChI=1S/C20H19F2NO2/c21-16-6-4-15(5-7-16)19(24)23-11-20(12-23)10-18(25-13-20)9-14-2-1-3-17(22)8-14/h1-8,18H,9-13H2/t18-/m1/s1. The highest BCUT2D eigenvalue weighted by atomic mass is 19.1. The Kier molecular flexibility index (Phi) is 4.04. The Morgan fingerprint density at radius 1 is 1.12 bits per heavy atom. The molecule has 0 bridgehead atoms. The molecule has 2 heterocycles. The van der Waals surface area contributed by atoms with E-state index in [0.29, 0.717) is 31.7 Å². The van der Waals surface area contributed by atoms with Gasteiger partial charge in [0.15, 0.2) is 0 Å². The van der Waals surface area contributed by atoms with E-state index in [-0.39, 0.29) is 29.1 Å². The van der Waals surface area contributed by atoms with Gasteiger partial charge in [0.2, 0.25) is 0 Å². The highest BCUT2D eigenvalue weighted by Crippen LogP contribution is 2.42. The molecule has 2 aromatic carbocycles. The summed E-state index contributed by atoms with van der Waals surface area (Å²) in [6.07, 6.45) is 1.62. The van der Waals surface area contributed by atoms with Gasteiger partial charge in [-0.1, -0.05) is 12.1 Å². The topological polar surface area (TPSA) is 29.5 Å².